The van der Waals surface area contributed by atoms with Crippen molar-refractivity contribution >= 4 is 16.9 Å². The molecule has 2 N–H and O–H groups in total. The number of benzene rings is 1. The SMILES string of the molecule is COc1ccccc1CCc1nn(C(C)(C)C(N)=O)c(=O)c2c1nc(C1CCC1)n2C. The highest BCUT2D eigenvalue weighted by atomic mass is 16.5. The topological polar surface area (TPSA) is 105 Å². The van der Waals surface area contributed by atoms with Crippen LogP contribution in [-0.2, 0) is 30.2 Å². The van der Waals surface area contributed by atoms with Crippen molar-refractivity contribution in [1.82, 2.24) is 19.3 Å². The molecule has 1 amide bonds. The van der Waals surface area contributed by atoms with Gasteiger partial charge in [-0.25, -0.2) is 9.67 Å². The fourth-order valence-corrected chi connectivity index (χ4v) is 4.12. The lowest BCUT2D eigenvalue weighted by Gasteiger charge is -2.24. The molecule has 1 aliphatic carbocycles. The van der Waals surface area contributed by atoms with Gasteiger partial charge in [0.2, 0.25) is 5.91 Å². The maximum Gasteiger partial charge on any atom is 0.293 e. The van der Waals surface area contributed by atoms with Gasteiger partial charge in [0.05, 0.1) is 12.8 Å². The summed E-state index contributed by atoms with van der Waals surface area (Å²) >= 11 is 0. The van der Waals surface area contributed by atoms with E-state index < -0.39 is 11.4 Å². The maximum atomic E-state index is 13.4. The minimum atomic E-state index is -1.26. The zero-order valence-electron chi connectivity index (χ0n) is 18.5. The minimum absolute atomic E-state index is 0.347. The average molecular weight is 424 g/mol. The monoisotopic (exact) mass is 423 g/mol. The Morgan fingerprint density at radius 1 is 1.26 bits per heavy atom. The zero-order valence-corrected chi connectivity index (χ0v) is 18.5. The van der Waals surface area contributed by atoms with Crippen molar-refractivity contribution in [3.05, 3.63) is 51.7 Å². The van der Waals surface area contributed by atoms with Crippen LogP contribution in [0.4, 0.5) is 0 Å². The average Bonchev–Trinajstić information content (AvgIpc) is 3.03. The Morgan fingerprint density at radius 3 is 2.58 bits per heavy atom. The summed E-state index contributed by atoms with van der Waals surface area (Å²) in [5.74, 6) is 1.46. The molecule has 0 saturated heterocycles. The zero-order chi connectivity index (χ0) is 22.3. The third-order valence-electron chi connectivity index (χ3n) is 6.45. The van der Waals surface area contributed by atoms with Crippen molar-refractivity contribution < 1.29 is 9.53 Å². The van der Waals surface area contributed by atoms with E-state index in [1.54, 1.807) is 21.0 Å². The Balaban J connectivity index is 1.87. The number of methoxy groups -OCH3 is 1. The van der Waals surface area contributed by atoms with Crippen LogP contribution in [0.1, 0.15) is 56.1 Å². The number of carbonyl (C=O) groups is 1. The lowest BCUT2D eigenvalue weighted by Crippen LogP contribution is -2.48. The van der Waals surface area contributed by atoms with E-state index in [4.69, 9.17) is 15.5 Å². The van der Waals surface area contributed by atoms with Gasteiger partial charge in [-0.3, -0.25) is 9.59 Å². The molecule has 0 spiro atoms. The third kappa shape index (κ3) is 3.49. The number of hydrogen-bond acceptors (Lipinski definition) is 5. The summed E-state index contributed by atoms with van der Waals surface area (Å²) in [6, 6.07) is 7.83. The number of aryl methyl sites for hydroxylation is 3. The Kier molecular flexibility index (Phi) is 5.33. The van der Waals surface area contributed by atoms with Gasteiger partial charge in [-0.15, -0.1) is 0 Å². The van der Waals surface area contributed by atoms with Gasteiger partial charge >= 0.3 is 0 Å². The van der Waals surface area contributed by atoms with E-state index in [0.29, 0.717) is 35.5 Å². The summed E-state index contributed by atoms with van der Waals surface area (Å²) in [7, 11) is 3.52. The smallest absolute Gasteiger partial charge is 0.293 e. The van der Waals surface area contributed by atoms with E-state index in [0.717, 1.165) is 30.0 Å². The van der Waals surface area contributed by atoms with Crippen molar-refractivity contribution in [2.24, 2.45) is 12.8 Å². The normalized spacial score (nSPS) is 14.6. The largest absolute Gasteiger partial charge is 0.496 e. The van der Waals surface area contributed by atoms with Crippen LogP contribution in [-0.4, -0.2) is 32.3 Å². The van der Waals surface area contributed by atoms with E-state index in [1.807, 2.05) is 35.9 Å². The van der Waals surface area contributed by atoms with Crippen LogP contribution in [0.15, 0.2) is 29.1 Å². The number of ether oxygens (including phenoxy) is 1. The number of primary amides is 1. The summed E-state index contributed by atoms with van der Waals surface area (Å²) in [5, 5.41) is 4.61. The second-order valence-electron chi connectivity index (χ2n) is 8.75. The van der Waals surface area contributed by atoms with Crippen LogP contribution in [0.3, 0.4) is 0 Å². The molecule has 3 aromatic rings. The van der Waals surface area contributed by atoms with E-state index in [-0.39, 0.29) is 5.56 Å². The predicted octanol–water partition coefficient (Wildman–Crippen LogP) is 2.41. The number of aromatic nitrogens is 4. The Hall–Kier alpha value is -3.16. The van der Waals surface area contributed by atoms with Crippen molar-refractivity contribution in [2.75, 3.05) is 7.11 Å². The van der Waals surface area contributed by atoms with Crippen LogP contribution >= 0.6 is 0 Å². The number of hydrogen-bond donors (Lipinski definition) is 1. The van der Waals surface area contributed by atoms with Crippen LogP contribution in [0, 0.1) is 0 Å². The molecule has 0 atom stereocenters. The number of nitrogens with two attached hydrogens (primary N) is 1. The van der Waals surface area contributed by atoms with Gasteiger partial charge < -0.3 is 15.0 Å². The summed E-state index contributed by atoms with van der Waals surface area (Å²) in [6.45, 7) is 3.23. The molecule has 2 heterocycles. The second kappa shape index (κ2) is 7.83. The molecule has 1 saturated carbocycles. The fourth-order valence-electron chi connectivity index (χ4n) is 4.12. The summed E-state index contributed by atoms with van der Waals surface area (Å²) in [6.07, 6.45) is 4.53. The number of carbonyl (C=O) groups excluding carboxylic acids is 1. The van der Waals surface area contributed by atoms with Crippen molar-refractivity contribution in [1.29, 1.82) is 0 Å². The highest BCUT2D eigenvalue weighted by Gasteiger charge is 2.33. The molecule has 8 heteroatoms. The molecule has 0 radical (unpaired) electrons. The molecule has 164 valence electrons. The number of fused-ring (bicyclic) bond motifs is 1. The number of para-hydroxylation sites is 1. The van der Waals surface area contributed by atoms with Crippen LogP contribution in [0.25, 0.3) is 11.0 Å². The van der Waals surface area contributed by atoms with Gasteiger partial charge in [-0.1, -0.05) is 24.6 Å². The van der Waals surface area contributed by atoms with E-state index >= 15 is 0 Å². The quantitative estimate of drug-likeness (QED) is 0.628. The van der Waals surface area contributed by atoms with Gasteiger partial charge in [-0.2, -0.15) is 5.10 Å². The first kappa shape index (κ1) is 21.1. The van der Waals surface area contributed by atoms with E-state index in [9.17, 15) is 9.59 Å². The molecule has 0 unspecified atom stereocenters. The van der Waals surface area contributed by atoms with Crippen LogP contribution < -0.4 is 16.0 Å². The summed E-state index contributed by atoms with van der Waals surface area (Å²) in [5.41, 5.74) is 6.81. The third-order valence-corrected chi connectivity index (χ3v) is 6.45. The summed E-state index contributed by atoms with van der Waals surface area (Å²) in [4.78, 5) is 30.4. The standard InChI is InChI=1S/C23H29N5O3/c1-23(2,22(24)30)28-21(29)19-18(25-20(27(19)3)15-9-7-10-15)16(26-28)13-12-14-8-5-6-11-17(14)31-4/h5-6,8,11,15H,7,9-10,12-13H2,1-4H3,(H2,24,30). The molecule has 1 aliphatic rings. The second-order valence-corrected chi connectivity index (χ2v) is 8.75. The Bertz CT molecular complexity index is 1200. The number of imidazole rings is 1. The number of nitrogens with zero attached hydrogens (tertiary/aromatic N) is 4. The number of amides is 1. The molecule has 0 aliphatic heterocycles. The van der Waals surface area contributed by atoms with Gasteiger partial charge in [0.15, 0.2) is 0 Å². The molecular formula is C23H29N5O3. The first-order valence-corrected chi connectivity index (χ1v) is 10.7. The van der Waals surface area contributed by atoms with Gasteiger partial charge in [0.25, 0.3) is 5.56 Å². The van der Waals surface area contributed by atoms with E-state index in [2.05, 4.69) is 5.10 Å². The predicted molar refractivity (Wildman–Crippen MR) is 118 cm³/mol. The maximum absolute atomic E-state index is 13.4. The van der Waals surface area contributed by atoms with Crippen LogP contribution in [0.5, 0.6) is 5.75 Å². The van der Waals surface area contributed by atoms with Gasteiger partial charge in [-0.05, 0) is 51.2 Å². The lowest BCUT2D eigenvalue weighted by molar-refractivity contribution is -0.125. The molecule has 4 rings (SSSR count). The molecule has 1 fully saturated rings. The molecule has 1 aromatic carbocycles. The van der Waals surface area contributed by atoms with Gasteiger partial charge in [0, 0.05) is 13.0 Å². The Labute approximate surface area is 181 Å². The van der Waals surface area contributed by atoms with Crippen molar-refractivity contribution in [3.8, 4) is 5.75 Å². The molecule has 2 aromatic heterocycles. The number of rotatable bonds is 7. The summed E-state index contributed by atoms with van der Waals surface area (Å²) < 4.78 is 8.57. The fraction of sp³-hybridized carbons (Fsp3) is 0.478. The highest BCUT2D eigenvalue weighted by molar-refractivity contribution is 5.83. The Morgan fingerprint density at radius 2 is 1.97 bits per heavy atom. The lowest BCUT2D eigenvalue weighted by atomic mass is 9.85. The molecule has 8 nitrogen and oxygen atoms in total. The van der Waals surface area contributed by atoms with Crippen molar-refractivity contribution in [3.63, 3.8) is 0 Å². The molecular weight excluding hydrogens is 394 g/mol. The van der Waals surface area contributed by atoms with Crippen molar-refractivity contribution in [2.45, 2.75) is 57.4 Å². The first-order valence-electron chi connectivity index (χ1n) is 10.7. The van der Waals surface area contributed by atoms with Crippen LogP contribution in [0.2, 0.25) is 0 Å². The van der Waals surface area contributed by atoms with Gasteiger partial charge in [0.1, 0.15) is 28.1 Å². The molecule has 0 bridgehead atoms. The highest BCUT2D eigenvalue weighted by Crippen LogP contribution is 2.36. The molecule has 31 heavy (non-hydrogen) atoms. The first-order chi connectivity index (χ1) is 14.8. The minimum Gasteiger partial charge on any atom is -0.496 e. The van der Waals surface area contributed by atoms with E-state index in [1.165, 1.54) is 11.1 Å².